The van der Waals surface area contributed by atoms with Crippen molar-refractivity contribution in [3.05, 3.63) is 39.9 Å². The topological polar surface area (TPSA) is 130 Å². The van der Waals surface area contributed by atoms with Crippen molar-refractivity contribution in [2.75, 3.05) is 6.54 Å². The summed E-state index contributed by atoms with van der Waals surface area (Å²) in [5.41, 5.74) is 5.92. The van der Waals surface area contributed by atoms with Crippen LogP contribution < -0.4 is 5.73 Å². The molecule has 1 aliphatic carbocycles. The van der Waals surface area contributed by atoms with Crippen LogP contribution in [0.25, 0.3) is 0 Å². The Hall–Kier alpha value is -2.95. The molecule has 144 valence electrons. The number of carbonyl (C=O) groups is 2. The lowest BCUT2D eigenvalue weighted by Gasteiger charge is -2.28. The van der Waals surface area contributed by atoms with Gasteiger partial charge in [0.1, 0.15) is 12.5 Å². The van der Waals surface area contributed by atoms with E-state index < -0.39 is 22.7 Å². The number of nitro groups is 1. The van der Waals surface area contributed by atoms with Gasteiger partial charge in [-0.2, -0.15) is 5.26 Å². The molecule has 1 aromatic rings. The molecule has 2 rings (SSSR count). The smallest absolute Gasteiger partial charge is 0.269 e. The highest BCUT2D eigenvalue weighted by molar-refractivity contribution is 5.99. The van der Waals surface area contributed by atoms with Gasteiger partial charge in [0.05, 0.1) is 11.0 Å². The first kappa shape index (κ1) is 20.4. The van der Waals surface area contributed by atoms with Crippen LogP contribution in [0.15, 0.2) is 24.3 Å². The molecule has 8 nitrogen and oxygen atoms in total. The number of rotatable bonds is 8. The maximum Gasteiger partial charge on any atom is 0.269 e. The summed E-state index contributed by atoms with van der Waals surface area (Å²) in [5, 5.41) is 20.0. The molecule has 0 saturated heterocycles. The van der Waals surface area contributed by atoms with Crippen molar-refractivity contribution < 1.29 is 14.5 Å². The fourth-order valence-corrected chi connectivity index (χ4v) is 3.60. The molecule has 2 amide bonds. The van der Waals surface area contributed by atoms with Gasteiger partial charge in [-0.05, 0) is 17.9 Å². The Kier molecular flexibility index (Phi) is 7.29. The van der Waals surface area contributed by atoms with Gasteiger partial charge in [0.15, 0.2) is 0 Å². The molecule has 1 aromatic carbocycles. The fraction of sp³-hybridized carbons (Fsp3) is 0.526. The van der Waals surface area contributed by atoms with Gasteiger partial charge in [0, 0.05) is 18.7 Å². The summed E-state index contributed by atoms with van der Waals surface area (Å²) in [6, 6.07) is 7.81. The van der Waals surface area contributed by atoms with E-state index >= 15 is 0 Å². The second-order valence-corrected chi connectivity index (χ2v) is 6.97. The zero-order chi connectivity index (χ0) is 19.8. The van der Waals surface area contributed by atoms with Crippen LogP contribution in [0.4, 0.5) is 5.69 Å². The lowest BCUT2D eigenvalue weighted by atomic mass is 9.82. The Morgan fingerprint density at radius 1 is 1.33 bits per heavy atom. The summed E-state index contributed by atoms with van der Waals surface area (Å²) >= 11 is 0. The number of nitriles is 1. The van der Waals surface area contributed by atoms with Crippen LogP contribution in [0, 0.1) is 33.3 Å². The maximum atomic E-state index is 12.9. The van der Waals surface area contributed by atoms with E-state index in [2.05, 4.69) is 0 Å². The van der Waals surface area contributed by atoms with E-state index in [9.17, 15) is 19.7 Å². The molecule has 1 atom stereocenters. The Labute approximate surface area is 158 Å². The van der Waals surface area contributed by atoms with Crippen molar-refractivity contribution in [3.8, 4) is 6.07 Å². The largest absolute Gasteiger partial charge is 0.369 e. The monoisotopic (exact) mass is 372 g/mol. The summed E-state index contributed by atoms with van der Waals surface area (Å²) in [6.07, 6.45) is 5.67. The minimum absolute atomic E-state index is 0.0164. The third kappa shape index (κ3) is 5.78. The average Bonchev–Trinajstić information content (AvgIpc) is 2.66. The molecular formula is C19H24N4O4. The molecule has 0 bridgehead atoms. The first-order valence-corrected chi connectivity index (χ1v) is 9.10. The number of nitrogens with zero attached hydrogens (tertiary/aromatic N) is 3. The first-order valence-electron chi connectivity index (χ1n) is 9.10. The van der Waals surface area contributed by atoms with Crippen molar-refractivity contribution in [2.45, 2.75) is 45.1 Å². The maximum absolute atomic E-state index is 12.9. The van der Waals surface area contributed by atoms with Crippen LogP contribution >= 0.6 is 0 Å². The third-order valence-corrected chi connectivity index (χ3v) is 5.00. The van der Waals surface area contributed by atoms with Crippen LogP contribution in [0.2, 0.25) is 0 Å². The summed E-state index contributed by atoms with van der Waals surface area (Å²) in [5.74, 6) is -1.87. The highest BCUT2D eigenvalue weighted by atomic mass is 16.6. The summed E-state index contributed by atoms with van der Waals surface area (Å²) in [4.78, 5) is 36.5. The van der Waals surface area contributed by atoms with Crippen molar-refractivity contribution in [2.24, 2.45) is 17.6 Å². The van der Waals surface area contributed by atoms with E-state index in [1.165, 1.54) is 29.5 Å². The van der Waals surface area contributed by atoms with Gasteiger partial charge in [0.25, 0.3) is 5.69 Å². The van der Waals surface area contributed by atoms with Gasteiger partial charge in [-0.3, -0.25) is 19.7 Å². The molecule has 0 aliphatic heterocycles. The first-order chi connectivity index (χ1) is 12.9. The fourth-order valence-electron chi connectivity index (χ4n) is 3.60. The van der Waals surface area contributed by atoms with Crippen LogP contribution in [-0.4, -0.2) is 28.2 Å². The van der Waals surface area contributed by atoms with Crippen LogP contribution in [0.3, 0.4) is 0 Å². The number of carbonyl (C=O) groups excluding carboxylic acids is 2. The molecule has 0 heterocycles. The molecule has 0 radical (unpaired) electrons. The number of benzene rings is 1. The second-order valence-electron chi connectivity index (χ2n) is 6.97. The highest BCUT2D eigenvalue weighted by Gasteiger charge is 2.32. The average molecular weight is 372 g/mol. The predicted octanol–water partition coefficient (Wildman–Crippen LogP) is 2.52. The van der Waals surface area contributed by atoms with Crippen molar-refractivity contribution in [1.29, 1.82) is 5.26 Å². The van der Waals surface area contributed by atoms with Gasteiger partial charge in [-0.15, -0.1) is 0 Å². The molecule has 1 unspecified atom stereocenters. The molecule has 2 N–H and O–H groups in total. The van der Waals surface area contributed by atoms with Gasteiger partial charge < -0.3 is 10.6 Å². The summed E-state index contributed by atoms with van der Waals surface area (Å²) in [6.45, 7) is -0.196. The van der Waals surface area contributed by atoms with Crippen LogP contribution in [0.5, 0.6) is 0 Å². The van der Waals surface area contributed by atoms with Crippen LogP contribution in [0.1, 0.15) is 44.1 Å². The van der Waals surface area contributed by atoms with E-state index in [0.29, 0.717) is 12.0 Å². The van der Waals surface area contributed by atoms with Crippen molar-refractivity contribution in [3.63, 3.8) is 0 Å². The summed E-state index contributed by atoms with van der Waals surface area (Å²) < 4.78 is 0. The number of nitrogens with two attached hydrogens (primary N) is 1. The van der Waals surface area contributed by atoms with Crippen LogP contribution in [-0.2, 0) is 16.1 Å². The van der Waals surface area contributed by atoms with Crippen molar-refractivity contribution in [1.82, 2.24) is 4.90 Å². The van der Waals surface area contributed by atoms with Gasteiger partial charge >= 0.3 is 0 Å². The predicted molar refractivity (Wildman–Crippen MR) is 98.0 cm³/mol. The number of non-ortho nitro benzene ring substituents is 1. The molecule has 27 heavy (non-hydrogen) atoms. The highest BCUT2D eigenvalue weighted by Crippen LogP contribution is 2.30. The number of hydrogen-bond donors (Lipinski definition) is 1. The molecule has 1 aliphatic rings. The van der Waals surface area contributed by atoms with E-state index in [4.69, 9.17) is 11.0 Å². The SMILES string of the molecule is N#CCN(Cc1cccc([N+](=O)[O-])c1)C(=O)C(CC1CCCCC1)C(N)=O. The molecular weight excluding hydrogens is 348 g/mol. The molecule has 1 fully saturated rings. The van der Waals surface area contributed by atoms with Crippen molar-refractivity contribution >= 4 is 17.5 Å². The van der Waals surface area contributed by atoms with E-state index in [1.54, 1.807) is 6.07 Å². The Morgan fingerprint density at radius 3 is 2.63 bits per heavy atom. The minimum Gasteiger partial charge on any atom is -0.369 e. The Balaban J connectivity index is 2.15. The number of hydrogen-bond acceptors (Lipinski definition) is 5. The Bertz CT molecular complexity index is 737. The number of amides is 2. The third-order valence-electron chi connectivity index (χ3n) is 5.00. The number of nitro benzene ring substituents is 1. The van der Waals surface area contributed by atoms with E-state index in [-0.39, 0.29) is 24.7 Å². The van der Waals surface area contributed by atoms with Gasteiger partial charge in [0.2, 0.25) is 11.8 Å². The Morgan fingerprint density at radius 2 is 2.04 bits per heavy atom. The van der Waals surface area contributed by atoms with Gasteiger partial charge in [-0.1, -0.05) is 44.2 Å². The van der Waals surface area contributed by atoms with E-state index in [0.717, 1.165) is 25.7 Å². The quantitative estimate of drug-likeness (QED) is 0.324. The van der Waals surface area contributed by atoms with E-state index in [1.807, 2.05) is 6.07 Å². The molecule has 0 aromatic heterocycles. The zero-order valence-corrected chi connectivity index (χ0v) is 15.2. The zero-order valence-electron chi connectivity index (χ0n) is 15.2. The number of primary amides is 1. The normalized spacial score (nSPS) is 15.5. The minimum atomic E-state index is -0.972. The lowest BCUT2D eigenvalue weighted by Crippen LogP contribution is -2.42. The molecule has 1 saturated carbocycles. The second kappa shape index (κ2) is 9.67. The lowest BCUT2D eigenvalue weighted by molar-refractivity contribution is -0.384. The molecule has 0 spiro atoms. The summed E-state index contributed by atoms with van der Waals surface area (Å²) in [7, 11) is 0. The molecule has 8 heteroatoms. The standard InChI is InChI=1S/C19H24N4O4/c20-9-10-22(13-15-7-4-8-16(11-15)23(26)27)19(25)17(18(21)24)12-14-5-2-1-3-6-14/h4,7-8,11,14,17H,1-3,5-6,10,12-13H2,(H2,21,24). The van der Waals surface area contributed by atoms with Gasteiger partial charge in [-0.25, -0.2) is 0 Å².